The van der Waals surface area contributed by atoms with Gasteiger partial charge in [-0.3, -0.25) is 14.4 Å². The summed E-state index contributed by atoms with van der Waals surface area (Å²) < 4.78 is 16.5. The molecule has 3 fully saturated rings. The van der Waals surface area contributed by atoms with Crippen LogP contribution in [0.1, 0.15) is 214 Å². The molecule has 6 atom stereocenters. The molecule has 6 unspecified atom stereocenters. The van der Waals surface area contributed by atoms with Gasteiger partial charge in [-0.15, -0.1) is 0 Å². The van der Waals surface area contributed by atoms with Crippen molar-refractivity contribution in [1.82, 2.24) is 4.90 Å². The first-order valence-corrected chi connectivity index (χ1v) is 23.9. The summed E-state index contributed by atoms with van der Waals surface area (Å²) in [4.78, 5) is 38.5. The van der Waals surface area contributed by atoms with Crippen LogP contribution in [-0.2, 0) is 28.6 Å². The molecule has 3 aliphatic carbocycles. The molecule has 0 aromatic heterocycles. The summed E-state index contributed by atoms with van der Waals surface area (Å²) >= 11 is 0. The number of carbonyl (C=O) groups is 3. The molecule has 0 saturated heterocycles. The van der Waals surface area contributed by atoms with Crippen molar-refractivity contribution in [1.29, 1.82) is 0 Å². The lowest BCUT2D eigenvalue weighted by atomic mass is 9.87. The van der Waals surface area contributed by atoms with E-state index in [2.05, 4.69) is 32.3 Å². The van der Waals surface area contributed by atoms with E-state index >= 15 is 0 Å². The Kier molecular flexibility index (Phi) is 27.9. The Hall–Kier alpha value is -1.89. The zero-order valence-electron chi connectivity index (χ0n) is 37.6. The lowest BCUT2D eigenvalue weighted by Crippen LogP contribution is -2.20. The summed E-state index contributed by atoms with van der Waals surface area (Å²) in [7, 11) is 4.03. The van der Waals surface area contributed by atoms with Gasteiger partial charge in [0, 0.05) is 19.3 Å². The van der Waals surface area contributed by atoms with Crippen LogP contribution in [0.15, 0.2) is 12.3 Å². The molecule has 0 aliphatic heterocycles. The number of allylic oxidation sites excluding steroid dienone is 1. The van der Waals surface area contributed by atoms with E-state index in [-0.39, 0.29) is 24.0 Å². The van der Waals surface area contributed by atoms with E-state index in [1.165, 1.54) is 81.5 Å². The molecule has 0 spiro atoms. The van der Waals surface area contributed by atoms with Gasteiger partial charge < -0.3 is 19.1 Å². The number of hydrogen-bond acceptors (Lipinski definition) is 7. The number of unbranched alkanes of at least 4 members (excludes halogenated alkanes) is 12. The zero-order valence-corrected chi connectivity index (χ0v) is 37.6. The molecule has 0 aromatic carbocycles. The Balaban J connectivity index is 0.000000905. The molecule has 0 N–H and O–H groups in total. The second-order valence-electron chi connectivity index (χ2n) is 18.3. The number of ether oxygens (including phenoxy) is 3. The lowest BCUT2D eigenvalue weighted by Gasteiger charge is -2.18. The molecule has 0 heterocycles. The second-order valence-corrected chi connectivity index (χ2v) is 18.3. The Morgan fingerprint density at radius 2 is 1.16 bits per heavy atom. The molecule has 3 aliphatic rings. The highest BCUT2D eigenvalue weighted by Crippen LogP contribution is 2.68. The third-order valence-electron chi connectivity index (χ3n) is 13.0. The van der Waals surface area contributed by atoms with Crippen molar-refractivity contribution in [3.63, 3.8) is 0 Å². The van der Waals surface area contributed by atoms with E-state index in [4.69, 9.17) is 14.2 Å². The van der Waals surface area contributed by atoms with E-state index in [9.17, 15) is 14.4 Å². The number of hydrogen-bond donors (Lipinski definition) is 0. The highest BCUT2D eigenvalue weighted by atomic mass is 16.5. The maximum Gasteiger partial charge on any atom is 0.310 e. The van der Waals surface area contributed by atoms with Crippen molar-refractivity contribution < 1.29 is 28.6 Å². The number of carbonyl (C=O) groups excluding carboxylic acids is 3. The van der Waals surface area contributed by atoms with Gasteiger partial charge in [0.05, 0.1) is 12.4 Å². The van der Waals surface area contributed by atoms with Crippen LogP contribution in [0, 0.1) is 35.5 Å². The predicted molar refractivity (Wildman–Crippen MR) is 232 cm³/mol. The molecule has 0 radical (unpaired) electrons. The van der Waals surface area contributed by atoms with Gasteiger partial charge in [0.2, 0.25) is 0 Å². The number of esters is 3. The maximum absolute atomic E-state index is 12.5. The summed E-state index contributed by atoms with van der Waals surface area (Å²) in [5.41, 5.74) is 0. The van der Waals surface area contributed by atoms with E-state index < -0.39 is 0 Å². The molecule has 56 heavy (non-hydrogen) atoms. The smallest absolute Gasteiger partial charge is 0.310 e. The summed E-state index contributed by atoms with van der Waals surface area (Å²) in [6, 6.07) is 0. The first-order valence-electron chi connectivity index (χ1n) is 23.9. The van der Waals surface area contributed by atoms with Crippen LogP contribution in [0.5, 0.6) is 0 Å². The molecular weight excluding hydrogens is 699 g/mol. The molecule has 7 nitrogen and oxygen atoms in total. The average Bonchev–Trinajstić information content (AvgIpc) is 3.75. The van der Waals surface area contributed by atoms with Crippen molar-refractivity contribution >= 4 is 17.9 Å². The van der Waals surface area contributed by atoms with Gasteiger partial charge in [-0.05, 0) is 134 Å². The number of fused-ring (bicyclic) bond motifs is 5. The Labute approximate surface area is 345 Å². The highest BCUT2D eigenvalue weighted by Gasteiger charge is 2.60. The first-order chi connectivity index (χ1) is 27.1. The van der Waals surface area contributed by atoms with Crippen molar-refractivity contribution in [2.75, 3.05) is 27.2 Å². The van der Waals surface area contributed by atoms with Crippen LogP contribution in [0.25, 0.3) is 0 Å². The van der Waals surface area contributed by atoms with Crippen molar-refractivity contribution in [3.05, 3.63) is 12.3 Å². The molecular formula is C49H89NO6. The predicted octanol–water partition coefficient (Wildman–Crippen LogP) is 13.2. The average molecular weight is 788 g/mol. The fourth-order valence-electron chi connectivity index (χ4n) is 9.66. The van der Waals surface area contributed by atoms with Crippen LogP contribution in [0.2, 0.25) is 0 Å². The highest BCUT2D eigenvalue weighted by molar-refractivity contribution is 5.70. The fourth-order valence-corrected chi connectivity index (χ4v) is 9.66. The van der Waals surface area contributed by atoms with E-state index in [1.807, 2.05) is 14.1 Å². The van der Waals surface area contributed by atoms with Crippen LogP contribution in [0.4, 0.5) is 0 Å². The SMILES string of the molecule is C=C(C)OC(=O)CCCCCCCC(CCCCCCCC(=O)OCCC(CCCCC)CCCCC)OC(=O)CCCN(C)C.CCC1CC2CC1C1CC21. The summed E-state index contributed by atoms with van der Waals surface area (Å²) in [5, 5.41) is 0. The minimum Gasteiger partial charge on any atom is -0.466 e. The number of nitrogens with zero attached hydrogens (tertiary/aromatic N) is 1. The standard InChI is InChI=1S/C39H73NO6.C10H16/c1-7-9-17-24-35(25-18-10-8-2)31-33-44-37(41)28-21-15-11-13-19-26-36(46-39(43)30-23-32-40(5)6)27-20-14-12-16-22-29-38(42)45-34(3)4;1-2-6-3-7-4-8(6)10-5-9(7)10/h35-36H,3,7-33H2,1-2,4-6H3;6-10H,2-5H2,1H3. The Bertz CT molecular complexity index is 1050. The quantitative estimate of drug-likeness (QED) is 0.0278. The Morgan fingerprint density at radius 1 is 0.607 bits per heavy atom. The minimum atomic E-state index is -0.205. The van der Waals surface area contributed by atoms with Crippen LogP contribution in [-0.4, -0.2) is 56.2 Å². The van der Waals surface area contributed by atoms with Gasteiger partial charge in [0.25, 0.3) is 0 Å². The van der Waals surface area contributed by atoms with Gasteiger partial charge in [0.1, 0.15) is 6.10 Å². The Morgan fingerprint density at radius 3 is 1.70 bits per heavy atom. The van der Waals surface area contributed by atoms with Gasteiger partial charge in [-0.1, -0.05) is 124 Å². The van der Waals surface area contributed by atoms with Crippen LogP contribution < -0.4 is 0 Å². The molecule has 326 valence electrons. The van der Waals surface area contributed by atoms with Crippen molar-refractivity contribution in [3.8, 4) is 0 Å². The molecule has 2 bridgehead atoms. The van der Waals surface area contributed by atoms with E-state index in [1.54, 1.807) is 26.2 Å². The molecule has 3 rings (SSSR count). The lowest BCUT2D eigenvalue weighted by molar-refractivity contribution is -0.150. The zero-order chi connectivity index (χ0) is 41.0. The van der Waals surface area contributed by atoms with Gasteiger partial charge in [-0.25, -0.2) is 0 Å². The van der Waals surface area contributed by atoms with Crippen molar-refractivity contribution in [2.24, 2.45) is 35.5 Å². The van der Waals surface area contributed by atoms with Crippen molar-refractivity contribution in [2.45, 2.75) is 220 Å². The van der Waals surface area contributed by atoms with Gasteiger partial charge in [-0.2, -0.15) is 0 Å². The molecule has 0 aromatic rings. The normalized spacial score (nSPS) is 21.0. The third-order valence-corrected chi connectivity index (χ3v) is 13.0. The topological polar surface area (TPSA) is 82.1 Å². The molecule has 3 saturated carbocycles. The minimum absolute atomic E-state index is 0.0276. The van der Waals surface area contributed by atoms with E-state index in [0.717, 1.165) is 102 Å². The summed E-state index contributed by atoms with van der Waals surface area (Å²) in [5.74, 6) is 6.78. The monoisotopic (exact) mass is 788 g/mol. The summed E-state index contributed by atoms with van der Waals surface area (Å²) in [6.45, 7) is 13.6. The second kappa shape index (κ2) is 31.1. The number of rotatable bonds is 34. The first kappa shape index (κ1) is 50.3. The summed E-state index contributed by atoms with van der Waals surface area (Å²) in [6.07, 6.45) is 31.6. The van der Waals surface area contributed by atoms with Gasteiger partial charge in [0.15, 0.2) is 0 Å². The van der Waals surface area contributed by atoms with Crippen LogP contribution in [0.3, 0.4) is 0 Å². The largest absolute Gasteiger partial charge is 0.466 e. The van der Waals surface area contributed by atoms with Gasteiger partial charge >= 0.3 is 17.9 Å². The maximum atomic E-state index is 12.5. The molecule has 0 amide bonds. The third kappa shape index (κ3) is 23.5. The fraction of sp³-hybridized carbons (Fsp3) is 0.898. The van der Waals surface area contributed by atoms with Crippen LogP contribution >= 0.6 is 0 Å². The van der Waals surface area contributed by atoms with E-state index in [0.29, 0.717) is 37.5 Å². The molecule has 7 heteroatoms.